The molecule has 3 N–H and O–H groups in total. The Hall–Kier alpha value is -2.95. The molecule has 0 aromatic carbocycles. The van der Waals surface area contributed by atoms with Gasteiger partial charge in [0.05, 0.1) is 18.8 Å². The number of carbonyl (C=O) groups is 1. The summed E-state index contributed by atoms with van der Waals surface area (Å²) in [7, 11) is 0. The standard InChI is InChI=1S/C53H89NO3/c1-3-5-7-9-11-12-13-14-15-16-17-18-19-20-21-22-23-24-25-26-27-28-29-30-31-32-33-34-35-36-37-38-39-40-41-42-43-45-47-49-53(57)54-51(50-55)52(56)48-46-44-10-8-6-4-2/h5,7,11-12,14-15,17-18,20-21,23-24,26-27,29-30,46,48,51-52,55-56H,3-4,6,8-10,13,16,19,22,25,28,31-45,47,49-50H2,1-2H3,(H,54,57)/b7-5-,12-11-,15-14-,18-17-,21-20-,24-23-,27-26-,30-29-,48-46+. The molecule has 0 saturated carbocycles. The molecule has 0 aliphatic carbocycles. The summed E-state index contributed by atoms with van der Waals surface area (Å²) in [6.07, 6.45) is 72.4. The van der Waals surface area contributed by atoms with Gasteiger partial charge in [0.15, 0.2) is 0 Å². The maximum Gasteiger partial charge on any atom is 0.220 e. The lowest BCUT2D eigenvalue weighted by Crippen LogP contribution is -2.45. The van der Waals surface area contributed by atoms with Crippen LogP contribution in [0.15, 0.2) is 109 Å². The summed E-state index contributed by atoms with van der Waals surface area (Å²) in [6.45, 7) is 4.10. The van der Waals surface area contributed by atoms with Gasteiger partial charge in [0.2, 0.25) is 5.91 Å². The van der Waals surface area contributed by atoms with Gasteiger partial charge in [-0.25, -0.2) is 0 Å². The molecule has 0 aromatic heterocycles. The van der Waals surface area contributed by atoms with Gasteiger partial charge in [0.1, 0.15) is 0 Å². The van der Waals surface area contributed by atoms with E-state index in [2.05, 4.69) is 116 Å². The fourth-order valence-corrected chi connectivity index (χ4v) is 6.43. The second-order valence-corrected chi connectivity index (χ2v) is 15.4. The molecule has 57 heavy (non-hydrogen) atoms. The smallest absolute Gasteiger partial charge is 0.220 e. The van der Waals surface area contributed by atoms with Crippen LogP contribution in [0.25, 0.3) is 0 Å². The average Bonchev–Trinajstić information content (AvgIpc) is 3.22. The molecule has 324 valence electrons. The van der Waals surface area contributed by atoms with E-state index in [0.29, 0.717) is 6.42 Å². The number of aliphatic hydroxyl groups is 2. The number of amides is 1. The highest BCUT2D eigenvalue weighted by Crippen LogP contribution is 2.14. The van der Waals surface area contributed by atoms with Crippen LogP contribution in [-0.4, -0.2) is 34.9 Å². The number of carbonyl (C=O) groups excluding carboxylic acids is 1. The maximum atomic E-state index is 12.3. The summed E-state index contributed by atoms with van der Waals surface area (Å²) >= 11 is 0. The SMILES string of the molecule is CC/C=C\C/C=C\C/C=C\C/C=C\C/C=C\C/C=C\C/C=C\C/C=C\CCCCCCCCCCCCCCCCC(=O)NC(CO)C(O)/C=C/CCCCCC. The summed E-state index contributed by atoms with van der Waals surface area (Å²) in [6, 6.07) is -0.624. The third-order valence-electron chi connectivity index (χ3n) is 10.0. The van der Waals surface area contributed by atoms with Crippen LogP contribution in [0.3, 0.4) is 0 Å². The Kier molecular flexibility index (Phi) is 45.0. The third-order valence-corrected chi connectivity index (χ3v) is 10.0. The first-order chi connectivity index (χ1) is 28.2. The van der Waals surface area contributed by atoms with Gasteiger partial charge in [-0.2, -0.15) is 0 Å². The van der Waals surface area contributed by atoms with Crippen LogP contribution >= 0.6 is 0 Å². The van der Waals surface area contributed by atoms with E-state index in [0.717, 1.165) is 77.0 Å². The Balaban J connectivity index is 3.51. The highest BCUT2D eigenvalue weighted by atomic mass is 16.3. The Morgan fingerprint density at radius 2 is 0.772 bits per heavy atom. The molecule has 0 spiro atoms. The van der Waals surface area contributed by atoms with Crippen LogP contribution in [-0.2, 0) is 4.79 Å². The Bertz CT molecular complexity index is 1120. The quantitative estimate of drug-likeness (QED) is 0.0427. The molecule has 0 aliphatic heterocycles. The predicted molar refractivity (Wildman–Crippen MR) is 253 cm³/mol. The van der Waals surface area contributed by atoms with E-state index in [1.807, 2.05) is 6.08 Å². The van der Waals surface area contributed by atoms with Crippen molar-refractivity contribution in [2.45, 2.75) is 212 Å². The van der Waals surface area contributed by atoms with E-state index < -0.39 is 12.1 Å². The zero-order chi connectivity index (χ0) is 41.4. The summed E-state index contributed by atoms with van der Waals surface area (Å²) < 4.78 is 0. The minimum atomic E-state index is -0.840. The monoisotopic (exact) mass is 788 g/mol. The van der Waals surface area contributed by atoms with Crippen LogP contribution < -0.4 is 5.32 Å². The fourth-order valence-electron chi connectivity index (χ4n) is 6.43. The minimum absolute atomic E-state index is 0.0753. The average molecular weight is 788 g/mol. The van der Waals surface area contributed by atoms with Crippen molar-refractivity contribution in [3.63, 3.8) is 0 Å². The molecule has 0 radical (unpaired) electrons. The Morgan fingerprint density at radius 1 is 0.439 bits per heavy atom. The maximum absolute atomic E-state index is 12.3. The molecule has 0 aliphatic rings. The van der Waals surface area contributed by atoms with Crippen molar-refractivity contribution >= 4 is 5.91 Å². The Morgan fingerprint density at radius 3 is 1.16 bits per heavy atom. The van der Waals surface area contributed by atoms with Gasteiger partial charge in [-0.15, -0.1) is 0 Å². The van der Waals surface area contributed by atoms with Crippen molar-refractivity contribution in [1.29, 1.82) is 0 Å². The van der Waals surface area contributed by atoms with Crippen LogP contribution in [0.5, 0.6) is 0 Å². The molecule has 0 fully saturated rings. The van der Waals surface area contributed by atoms with Gasteiger partial charge in [0, 0.05) is 6.42 Å². The molecular weight excluding hydrogens is 699 g/mol. The minimum Gasteiger partial charge on any atom is -0.394 e. The molecular formula is C53H89NO3. The summed E-state index contributed by atoms with van der Waals surface area (Å²) in [5.74, 6) is -0.0753. The second-order valence-electron chi connectivity index (χ2n) is 15.4. The fraction of sp³-hybridized carbons (Fsp3) is 0.642. The van der Waals surface area contributed by atoms with Crippen molar-refractivity contribution in [3.8, 4) is 0 Å². The van der Waals surface area contributed by atoms with Crippen LogP contribution in [0.4, 0.5) is 0 Å². The number of hydrogen-bond donors (Lipinski definition) is 3. The lowest BCUT2D eigenvalue weighted by Gasteiger charge is -2.20. The molecule has 1 amide bonds. The third kappa shape index (κ3) is 44.0. The lowest BCUT2D eigenvalue weighted by atomic mass is 10.0. The first kappa shape index (κ1) is 54.0. The van der Waals surface area contributed by atoms with E-state index in [1.54, 1.807) is 6.08 Å². The van der Waals surface area contributed by atoms with E-state index in [-0.39, 0.29) is 12.5 Å². The highest BCUT2D eigenvalue weighted by molar-refractivity contribution is 5.76. The molecule has 2 unspecified atom stereocenters. The molecule has 0 aromatic rings. The van der Waals surface area contributed by atoms with Crippen molar-refractivity contribution in [1.82, 2.24) is 5.32 Å². The zero-order valence-electron chi connectivity index (χ0n) is 37.1. The van der Waals surface area contributed by atoms with Gasteiger partial charge in [-0.3, -0.25) is 4.79 Å². The summed E-state index contributed by atoms with van der Waals surface area (Å²) in [5.41, 5.74) is 0. The number of aliphatic hydroxyl groups excluding tert-OH is 2. The van der Waals surface area contributed by atoms with E-state index in [9.17, 15) is 15.0 Å². The lowest BCUT2D eigenvalue weighted by molar-refractivity contribution is -0.123. The Labute approximate surface area is 353 Å². The molecule has 0 rings (SSSR count). The molecule has 0 bridgehead atoms. The van der Waals surface area contributed by atoms with Crippen LogP contribution in [0.2, 0.25) is 0 Å². The molecule has 4 heteroatoms. The number of nitrogens with one attached hydrogen (secondary N) is 1. The number of rotatable bonds is 41. The van der Waals surface area contributed by atoms with Gasteiger partial charge >= 0.3 is 0 Å². The number of unbranched alkanes of at least 4 members (excludes halogenated alkanes) is 18. The first-order valence-electron chi connectivity index (χ1n) is 23.6. The van der Waals surface area contributed by atoms with Crippen LogP contribution in [0, 0.1) is 0 Å². The molecule has 0 saturated heterocycles. The van der Waals surface area contributed by atoms with Crippen molar-refractivity contribution < 1.29 is 15.0 Å². The highest BCUT2D eigenvalue weighted by Gasteiger charge is 2.17. The van der Waals surface area contributed by atoms with Gasteiger partial charge in [-0.05, 0) is 83.5 Å². The molecule has 4 nitrogen and oxygen atoms in total. The second kappa shape index (κ2) is 47.4. The summed E-state index contributed by atoms with van der Waals surface area (Å²) in [5, 5.41) is 22.7. The number of hydrogen-bond acceptors (Lipinski definition) is 3. The topological polar surface area (TPSA) is 69.6 Å². The van der Waals surface area contributed by atoms with Crippen molar-refractivity contribution in [3.05, 3.63) is 109 Å². The van der Waals surface area contributed by atoms with Crippen molar-refractivity contribution in [2.24, 2.45) is 0 Å². The zero-order valence-corrected chi connectivity index (χ0v) is 37.1. The number of allylic oxidation sites excluding steroid dienone is 17. The van der Waals surface area contributed by atoms with E-state index >= 15 is 0 Å². The van der Waals surface area contributed by atoms with E-state index in [1.165, 1.54) is 103 Å². The first-order valence-corrected chi connectivity index (χ1v) is 23.6. The largest absolute Gasteiger partial charge is 0.394 e. The molecule has 2 atom stereocenters. The van der Waals surface area contributed by atoms with Gasteiger partial charge in [-0.1, -0.05) is 220 Å². The van der Waals surface area contributed by atoms with Gasteiger partial charge in [0.25, 0.3) is 0 Å². The van der Waals surface area contributed by atoms with E-state index in [4.69, 9.17) is 0 Å². The normalized spacial score (nSPS) is 14.0. The van der Waals surface area contributed by atoms with Gasteiger partial charge < -0.3 is 15.5 Å². The predicted octanol–water partition coefficient (Wildman–Crippen LogP) is 15.2. The van der Waals surface area contributed by atoms with Crippen molar-refractivity contribution in [2.75, 3.05) is 6.61 Å². The van der Waals surface area contributed by atoms with Crippen LogP contribution in [0.1, 0.15) is 200 Å². The molecule has 0 heterocycles. The summed E-state index contributed by atoms with van der Waals surface area (Å²) in [4.78, 5) is 12.3.